The van der Waals surface area contributed by atoms with Gasteiger partial charge in [-0.1, -0.05) is 19.3 Å². The van der Waals surface area contributed by atoms with Crippen molar-refractivity contribution in [2.24, 2.45) is 0 Å². The van der Waals surface area contributed by atoms with Crippen LogP contribution in [-0.4, -0.2) is 45.6 Å². The first kappa shape index (κ1) is 20.1. The van der Waals surface area contributed by atoms with E-state index in [-0.39, 0.29) is 24.7 Å². The lowest BCUT2D eigenvalue weighted by molar-refractivity contribution is 0.0678. The minimum Gasteiger partial charge on any atom is -0.478 e. The summed E-state index contributed by atoms with van der Waals surface area (Å²) in [7, 11) is 0. The van der Waals surface area contributed by atoms with E-state index in [4.69, 9.17) is 10.2 Å². The second kappa shape index (κ2) is 9.39. The zero-order valence-electron chi connectivity index (χ0n) is 14.2. The molecule has 0 aromatic heterocycles. The Bertz CT molecular complexity index is 586. The molecule has 0 radical (unpaired) electrons. The van der Waals surface area contributed by atoms with Gasteiger partial charge in [-0.2, -0.15) is 0 Å². The molecule has 2 rings (SSSR count). The first-order chi connectivity index (χ1) is 11.3. The van der Waals surface area contributed by atoms with E-state index < -0.39 is 11.9 Å². The smallest absolute Gasteiger partial charge is 0.336 e. The maximum absolute atomic E-state index is 11.6. The molecule has 0 bridgehead atoms. The lowest BCUT2D eigenvalue weighted by Gasteiger charge is -2.25. The van der Waals surface area contributed by atoms with E-state index in [0.717, 1.165) is 25.7 Å². The van der Waals surface area contributed by atoms with Crippen molar-refractivity contribution in [3.63, 3.8) is 0 Å². The predicted octanol–water partition coefficient (Wildman–Crippen LogP) is 2.72. The molecule has 0 aliphatic heterocycles. The molecule has 1 aromatic rings. The molecule has 0 saturated heterocycles. The van der Waals surface area contributed by atoms with Crippen LogP contribution in [0.1, 0.15) is 75.4 Å². The Labute approximate surface area is 141 Å². The first-order valence-electron chi connectivity index (χ1n) is 8.17. The van der Waals surface area contributed by atoms with Crippen LogP contribution in [0, 0.1) is 13.8 Å². The molecule has 1 aliphatic carbocycles. The topological polar surface area (TPSA) is 115 Å². The van der Waals surface area contributed by atoms with E-state index in [2.05, 4.69) is 0 Å². The number of rotatable bonds is 4. The van der Waals surface area contributed by atoms with Crippen LogP contribution < -0.4 is 0 Å². The normalized spacial score (nSPS) is 14.7. The fourth-order valence-corrected chi connectivity index (χ4v) is 3.18. The quantitative estimate of drug-likeness (QED) is 0.671. The summed E-state index contributed by atoms with van der Waals surface area (Å²) in [6.45, 7) is 3.13. The van der Waals surface area contributed by atoms with E-state index in [0.29, 0.717) is 22.3 Å². The Morgan fingerprint density at radius 2 is 1.50 bits per heavy atom. The highest BCUT2D eigenvalue weighted by atomic mass is 16.4. The number of hydrogen-bond donors (Lipinski definition) is 4. The van der Waals surface area contributed by atoms with Gasteiger partial charge in [-0.3, -0.25) is 0 Å². The molecule has 1 aliphatic rings. The molecule has 1 fully saturated rings. The van der Waals surface area contributed by atoms with Gasteiger partial charge in [-0.05, 0) is 55.4 Å². The summed E-state index contributed by atoms with van der Waals surface area (Å²) in [5, 5.41) is 34.0. The lowest BCUT2D eigenvalue weighted by atomic mass is 9.79. The number of aromatic carboxylic acids is 2. The molecule has 6 heteroatoms. The number of aliphatic hydroxyl groups is 2. The minimum atomic E-state index is -0.986. The van der Waals surface area contributed by atoms with Crippen LogP contribution >= 0.6 is 0 Å². The molecule has 1 aromatic carbocycles. The fraction of sp³-hybridized carbons (Fsp3) is 0.556. The molecule has 0 spiro atoms. The third-order valence-electron chi connectivity index (χ3n) is 4.52. The lowest BCUT2D eigenvalue weighted by Crippen LogP contribution is -2.16. The van der Waals surface area contributed by atoms with Gasteiger partial charge >= 0.3 is 11.9 Å². The first-order valence-corrected chi connectivity index (χ1v) is 8.17. The van der Waals surface area contributed by atoms with Gasteiger partial charge < -0.3 is 20.4 Å². The van der Waals surface area contributed by atoms with Gasteiger partial charge in [0.05, 0.1) is 24.3 Å². The van der Waals surface area contributed by atoms with Gasteiger partial charge in [-0.25, -0.2) is 9.59 Å². The SMILES string of the molecule is Cc1c(C(=O)O)cc(C2CCCCC2)c(C(=O)O)c1C.OCCO. The summed E-state index contributed by atoms with van der Waals surface area (Å²) >= 11 is 0. The van der Waals surface area contributed by atoms with Crippen LogP contribution in [0.2, 0.25) is 0 Å². The van der Waals surface area contributed by atoms with Crippen LogP contribution in [0.3, 0.4) is 0 Å². The maximum Gasteiger partial charge on any atom is 0.336 e. The number of carboxylic acids is 2. The second-order valence-electron chi connectivity index (χ2n) is 6.03. The summed E-state index contributed by atoms with van der Waals surface area (Å²) in [6.07, 6.45) is 5.23. The van der Waals surface area contributed by atoms with Crippen molar-refractivity contribution in [2.75, 3.05) is 13.2 Å². The molecule has 134 valence electrons. The van der Waals surface area contributed by atoms with Crippen LogP contribution in [0.5, 0.6) is 0 Å². The molecule has 0 unspecified atom stereocenters. The van der Waals surface area contributed by atoms with Crippen molar-refractivity contribution in [2.45, 2.75) is 51.9 Å². The van der Waals surface area contributed by atoms with Gasteiger partial charge in [0.15, 0.2) is 0 Å². The summed E-state index contributed by atoms with van der Waals surface area (Å²) in [4.78, 5) is 22.9. The molecule has 4 N–H and O–H groups in total. The minimum absolute atomic E-state index is 0.125. The van der Waals surface area contributed by atoms with E-state index in [9.17, 15) is 19.8 Å². The molecule has 0 amide bonds. The van der Waals surface area contributed by atoms with Gasteiger partial charge in [0.2, 0.25) is 0 Å². The highest BCUT2D eigenvalue weighted by Gasteiger charge is 2.26. The summed E-state index contributed by atoms with van der Waals surface area (Å²) in [5.41, 5.74) is 2.37. The van der Waals surface area contributed by atoms with Gasteiger partial charge in [0.1, 0.15) is 0 Å². The fourth-order valence-electron chi connectivity index (χ4n) is 3.18. The Kier molecular flexibility index (Phi) is 7.88. The van der Waals surface area contributed by atoms with E-state index in [1.54, 1.807) is 19.9 Å². The van der Waals surface area contributed by atoms with Crippen molar-refractivity contribution in [3.05, 3.63) is 33.9 Å². The average Bonchev–Trinajstić information content (AvgIpc) is 2.57. The Hall–Kier alpha value is -1.92. The van der Waals surface area contributed by atoms with Gasteiger partial charge in [0.25, 0.3) is 0 Å². The summed E-state index contributed by atoms with van der Waals surface area (Å²) in [5.74, 6) is -1.77. The van der Waals surface area contributed by atoms with Crippen LogP contribution in [0.25, 0.3) is 0 Å². The largest absolute Gasteiger partial charge is 0.478 e. The van der Waals surface area contributed by atoms with Crippen molar-refractivity contribution < 1.29 is 30.0 Å². The number of hydrogen-bond acceptors (Lipinski definition) is 4. The second-order valence-corrected chi connectivity index (χ2v) is 6.03. The molecular weight excluding hydrogens is 312 g/mol. The third kappa shape index (κ3) is 4.79. The Morgan fingerprint density at radius 1 is 0.958 bits per heavy atom. The highest BCUT2D eigenvalue weighted by Crippen LogP contribution is 2.37. The van der Waals surface area contributed by atoms with Crippen molar-refractivity contribution in [1.82, 2.24) is 0 Å². The molecule has 24 heavy (non-hydrogen) atoms. The van der Waals surface area contributed by atoms with E-state index in [1.807, 2.05) is 0 Å². The third-order valence-corrected chi connectivity index (χ3v) is 4.52. The average molecular weight is 338 g/mol. The zero-order valence-corrected chi connectivity index (χ0v) is 14.2. The maximum atomic E-state index is 11.6. The highest BCUT2D eigenvalue weighted by molar-refractivity contribution is 5.96. The van der Waals surface area contributed by atoms with Crippen LogP contribution in [0.15, 0.2) is 6.07 Å². The predicted molar refractivity (Wildman–Crippen MR) is 89.8 cm³/mol. The number of benzene rings is 1. The summed E-state index contributed by atoms with van der Waals surface area (Å²) < 4.78 is 0. The van der Waals surface area contributed by atoms with E-state index >= 15 is 0 Å². The van der Waals surface area contributed by atoms with Gasteiger partial charge in [-0.15, -0.1) is 0 Å². The molecule has 1 saturated carbocycles. The molecular formula is C18H26O6. The van der Waals surface area contributed by atoms with Crippen molar-refractivity contribution in [1.29, 1.82) is 0 Å². The van der Waals surface area contributed by atoms with E-state index in [1.165, 1.54) is 6.42 Å². The van der Waals surface area contributed by atoms with Crippen molar-refractivity contribution in [3.8, 4) is 0 Å². The zero-order chi connectivity index (χ0) is 18.3. The number of aliphatic hydroxyl groups excluding tert-OH is 2. The molecule has 6 nitrogen and oxygen atoms in total. The summed E-state index contributed by atoms with van der Waals surface area (Å²) in [6, 6.07) is 1.59. The van der Waals surface area contributed by atoms with Gasteiger partial charge in [0, 0.05) is 0 Å². The number of carboxylic acid groups (broad SMARTS) is 2. The standard InChI is InChI=1S/C16H20O4.C2H6O2/c1-9-10(2)14(16(19)20)13(8-12(9)15(17)18)11-6-4-3-5-7-11;3-1-2-4/h8,11H,3-7H2,1-2H3,(H,17,18)(H,19,20);3-4H,1-2H2. The molecule has 0 atom stereocenters. The van der Waals surface area contributed by atoms with Crippen LogP contribution in [-0.2, 0) is 0 Å². The molecule has 0 heterocycles. The number of carbonyl (C=O) groups is 2. The van der Waals surface area contributed by atoms with Crippen molar-refractivity contribution >= 4 is 11.9 Å². The monoisotopic (exact) mass is 338 g/mol. The Morgan fingerprint density at radius 3 is 1.92 bits per heavy atom. The Balaban J connectivity index is 0.000000648. The van der Waals surface area contributed by atoms with Crippen LogP contribution in [0.4, 0.5) is 0 Å².